The smallest absolute Gasteiger partial charge is 0.335 e. The molecule has 0 amide bonds. The second-order valence-electron chi connectivity index (χ2n) is 8.21. The van der Waals surface area contributed by atoms with Gasteiger partial charge < -0.3 is 15.3 Å². The predicted molar refractivity (Wildman–Crippen MR) is 122 cm³/mol. The molecule has 4 rings (SSSR count). The van der Waals surface area contributed by atoms with E-state index in [0.717, 1.165) is 45.1 Å². The number of likely N-dealkylation sites (tertiary alicyclic amines) is 1. The van der Waals surface area contributed by atoms with E-state index in [9.17, 15) is 9.90 Å². The van der Waals surface area contributed by atoms with Crippen molar-refractivity contribution in [3.8, 4) is 10.6 Å². The van der Waals surface area contributed by atoms with Crippen molar-refractivity contribution in [2.75, 3.05) is 32.0 Å². The molecule has 0 saturated carbocycles. The molecule has 1 aromatic carbocycles. The van der Waals surface area contributed by atoms with Gasteiger partial charge in [0.1, 0.15) is 0 Å². The van der Waals surface area contributed by atoms with Crippen LogP contribution in [0.1, 0.15) is 41.6 Å². The van der Waals surface area contributed by atoms with Gasteiger partial charge in [-0.15, -0.1) is 11.3 Å². The molecule has 2 N–H and O–H groups in total. The van der Waals surface area contributed by atoms with Gasteiger partial charge in [-0.25, -0.2) is 14.8 Å². The number of nitrogens with one attached hydrogen (secondary N) is 1. The van der Waals surface area contributed by atoms with Crippen molar-refractivity contribution in [2.45, 2.75) is 32.6 Å². The normalized spacial score (nSPS) is 15.5. The van der Waals surface area contributed by atoms with Crippen LogP contribution in [0, 0.1) is 12.8 Å². The molecule has 158 valence electrons. The number of hydrogen-bond donors (Lipinski definition) is 2. The molecule has 6 nitrogen and oxygen atoms in total. The number of carboxylic acids is 1. The van der Waals surface area contributed by atoms with Crippen LogP contribution in [-0.4, -0.2) is 52.6 Å². The molecule has 0 spiro atoms. The third-order valence-corrected chi connectivity index (χ3v) is 6.99. The molecule has 1 aliphatic heterocycles. The highest BCUT2D eigenvalue weighted by Gasteiger charge is 2.16. The number of fused-ring (bicyclic) bond motifs is 1. The number of aromatic carboxylic acids is 1. The van der Waals surface area contributed by atoms with Gasteiger partial charge in [-0.3, -0.25) is 0 Å². The molecule has 7 heteroatoms. The fraction of sp³-hybridized carbons (Fsp3) is 0.435. The zero-order chi connectivity index (χ0) is 21.1. The lowest BCUT2D eigenvalue weighted by molar-refractivity contribution is 0.0697. The average molecular weight is 425 g/mol. The van der Waals surface area contributed by atoms with Crippen LogP contribution in [-0.2, 0) is 0 Å². The van der Waals surface area contributed by atoms with E-state index >= 15 is 0 Å². The number of carbonyl (C=O) groups is 1. The highest BCUT2D eigenvalue weighted by Crippen LogP contribution is 2.34. The molecule has 3 aromatic rings. The summed E-state index contributed by atoms with van der Waals surface area (Å²) in [4.78, 5) is 23.9. The van der Waals surface area contributed by atoms with Crippen molar-refractivity contribution in [3.63, 3.8) is 0 Å². The summed E-state index contributed by atoms with van der Waals surface area (Å²) in [6.45, 7) is 5.31. The van der Waals surface area contributed by atoms with E-state index in [-0.39, 0.29) is 0 Å². The number of anilines is 1. The van der Waals surface area contributed by atoms with E-state index in [1.807, 2.05) is 19.2 Å². The monoisotopic (exact) mass is 424 g/mol. The summed E-state index contributed by atoms with van der Waals surface area (Å²) < 4.78 is 0.954. The van der Waals surface area contributed by atoms with Crippen molar-refractivity contribution in [1.82, 2.24) is 14.9 Å². The zero-order valence-corrected chi connectivity index (χ0v) is 18.3. The summed E-state index contributed by atoms with van der Waals surface area (Å²) in [6.07, 6.45) is 6.84. The third-order valence-electron chi connectivity index (χ3n) is 5.88. The average Bonchev–Trinajstić information content (AvgIpc) is 3.16. The fourth-order valence-electron chi connectivity index (χ4n) is 4.00. The lowest BCUT2D eigenvalue weighted by atomic mass is 9.92. The van der Waals surface area contributed by atoms with E-state index < -0.39 is 5.97 Å². The van der Waals surface area contributed by atoms with Gasteiger partial charge in [-0.2, -0.15) is 0 Å². The second kappa shape index (κ2) is 9.10. The lowest BCUT2D eigenvalue weighted by Crippen LogP contribution is -2.30. The molecule has 1 aliphatic rings. The number of aryl methyl sites for hydroxylation is 1. The molecule has 30 heavy (non-hydrogen) atoms. The predicted octanol–water partition coefficient (Wildman–Crippen LogP) is 4.90. The van der Waals surface area contributed by atoms with E-state index in [0.29, 0.717) is 11.5 Å². The summed E-state index contributed by atoms with van der Waals surface area (Å²) >= 11 is 1.57. The molecular formula is C23H28N4O2S. The maximum absolute atomic E-state index is 11.2. The minimum atomic E-state index is -0.906. The maximum Gasteiger partial charge on any atom is 0.335 e. The molecule has 3 heterocycles. The third kappa shape index (κ3) is 4.79. The van der Waals surface area contributed by atoms with Gasteiger partial charge in [0.05, 0.1) is 16.1 Å². The standard InChI is InChI=1S/C23H28N4O2S/c1-15-14-25-23(24-9-3-4-16-7-10-27(2)11-8-16)26-21(15)20-12-17-5-6-18(22(28)29)13-19(17)30-20/h5-6,12-14,16H,3-4,7-11H2,1-2H3,(H,28,29)(H,24,25,26). The Bertz CT molecular complexity index is 1040. The fourth-order valence-corrected chi connectivity index (χ4v) is 5.16. The van der Waals surface area contributed by atoms with Crippen molar-refractivity contribution in [2.24, 2.45) is 5.92 Å². The van der Waals surface area contributed by atoms with Crippen molar-refractivity contribution in [3.05, 3.63) is 41.6 Å². The van der Waals surface area contributed by atoms with Crippen molar-refractivity contribution < 1.29 is 9.90 Å². The first kappa shape index (κ1) is 20.8. The number of piperidine rings is 1. The largest absolute Gasteiger partial charge is 0.478 e. The number of nitrogens with zero attached hydrogens (tertiary/aromatic N) is 3. The summed E-state index contributed by atoms with van der Waals surface area (Å²) in [7, 11) is 2.20. The van der Waals surface area contributed by atoms with Crippen LogP contribution in [0.15, 0.2) is 30.5 Å². The molecule has 0 bridgehead atoms. The lowest BCUT2D eigenvalue weighted by Gasteiger charge is -2.28. The Labute approximate surface area is 181 Å². The number of carboxylic acid groups (broad SMARTS) is 1. The van der Waals surface area contributed by atoms with Crippen LogP contribution in [0.5, 0.6) is 0 Å². The van der Waals surface area contributed by atoms with Gasteiger partial charge in [-0.05, 0) is 87.8 Å². The highest BCUT2D eigenvalue weighted by atomic mass is 32.1. The van der Waals surface area contributed by atoms with Crippen molar-refractivity contribution >= 4 is 33.3 Å². The Morgan fingerprint density at radius 3 is 2.87 bits per heavy atom. The minimum Gasteiger partial charge on any atom is -0.478 e. The van der Waals surface area contributed by atoms with E-state index in [1.54, 1.807) is 23.5 Å². The zero-order valence-electron chi connectivity index (χ0n) is 17.5. The number of benzene rings is 1. The van der Waals surface area contributed by atoms with Crippen LogP contribution in [0.4, 0.5) is 5.95 Å². The Balaban J connectivity index is 1.41. The molecule has 0 unspecified atom stereocenters. The van der Waals surface area contributed by atoms with E-state index in [2.05, 4.69) is 28.3 Å². The Hall–Kier alpha value is -2.51. The quantitative estimate of drug-likeness (QED) is 0.525. The summed E-state index contributed by atoms with van der Waals surface area (Å²) in [5, 5.41) is 13.6. The van der Waals surface area contributed by atoms with Gasteiger partial charge in [0.15, 0.2) is 0 Å². The number of rotatable bonds is 7. The number of thiophene rings is 1. The summed E-state index contributed by atoms with van der Waals surface area (Å²) in [5.74, 6) is 0.589. The second-order valence-corrected chi connectivity index (χ2v) is 9.29. The highest BCUT2D eigenvalue weighted by molar-refractivity contribution is 7.22. The summed E-state index contributed by atoms with van der Waals surface area (Å²) in [6, 6.07) is 7.30. The van der Waals surface area contributed by atoms with Gasteiger partial charge in [0.25, 0.3) is 0 Å². The Kier molecular flexibility index (Phi) is 6.29. The first-order valence-corrected chi connectivity index (χ1v) is 11.3. The van der Waals surface area contributed by atoms with Gasteiger partial charge >= 0.3 is 5.97 Å². The molecule has 0 radical (unpaired) electrons. The van der Waals surface area contributed by atoms with E-state index in [1.165, 1.54) is 32.4 Å². The number of hydrogen-bond acceptors (Lipinski definition) is 6. The van der Waals surface area contributed by atoms with Crippen LogP contribution in [0.3, 0.4) is 0 Å². The Morgan fingerprint density at radius 1 is 1.30 bits per heavy atom. The van der Waals surface area contributed by atoms with Crippen LogP contribution in [0.2, 0.25) is 0 Å². The van der Waals surface area contributed by atoms with Crippen molar-refractivity contribution in [1.29, 1.82) is 0 Å². The van der Waals surface area contributed by atoms with Gasteiger partial charge in [-0.1, -0.05) is 6.07 Å². The molecule has 0 aliphatic carbocycles. The van der Waals surface area contributed by atoms with Crippen LogP contribution in [0.25, 0.3) is 20.7 Å². The topological polar surface area (TPSA) is 78.4 Å². The maximum atomic E-state index is 11.2. The van der Waals surface area contributed by atoms with Crippen LogP contribution >= 0.6 is 11.3 Å². The van der Waals surface area contributed by atoms with Crippen LogP contribution < -0.4 is 5.32 Å². The molecular weight excluding hydrogens is 396 g/mol. The Morgan fingerprint density at radius 2 is 2.10 bits per heavy atom. The first-order valence-electron chi connectivity index (χ1n) is 10.5. The molecule has 1 saturated heterocycles. The SMILES string of the molecule is Cc1cnc(NCCCC2CCN(C)CC2)nc1-c1cc2ccc(C(=O)O)cc2s1. The summed E-state index contributed by atoms with van der Waals surface area (Å²) in [5.41, 5.74) is 2.22. The molecule has 2 aromatic heterocycles. The van der Waals surface area contributed by atoms with Gasteiger partial charge in [0, 0.05) is 17.4 Å². The minimum absolute atomic E-state index is 0.308. The number of aromatic nitrogens is 2. The molecule has 0 atom stereocenters. The first-order chi connectivity index (χ1) is 14.5. The van der Waals surface area contributed by atoms with E-state index in [4.69, 9.17) is 4.98 Å². The van der Waals surface area contributed by atoms with Gasteiger partial charge in [0.2, 0.25) is 5.95 Å². The molecule has 1 fully saturated rings.